The van der Waals surface area contributed by atoms with E-state index in [2.05, 4.69) is 54.9 Å². The van der Waals surface area contributed by atoms with Crippen molar-refractivity contribution in [3.63, 3.8) is 0 Å². The maximum Gasteiger partial charge on any atom is 0.0670 e. The molecule has 0 spiro atoms. The lowest BCUT2D eigenvalue weighted by atomic mass is 10.0. The second-order valence-electron chi connectivity index (χ2n) is 5.06. The molecule has 0 saturated heterocycles. The van der Waals surface area contributed by atoms with Gasteiger partial charge in [0.1, 0.15) is 0 Å². The van der Waals surface area contributed by atoms with Gasteiger partial charge in [0.2, 0.25) is 0 Å². The highest BCUT2D eigenvalue weighted by atomic mass is 14.9. The number of nitrogens with zero attached hydrogens (tertiary/aromatic N) is 2. The Morgan fingerprint density at radius 1 is 1.05 bits per heavy atom. The van der Waals surface area contributed by atoms with Crippen LogP contribution in [0.15, 0.2) is 48.5 Å². The maximum absolute atomic E-state index is 9.04. The molecule has 0 aliphatic rings. The van der Waals surface area contributed by atoms with Crippen LogP contribution in [0, 0.1) is 18.3 Å². The Balaban J connectivity index is 2.25. The van der Waals surface area contributed by atoms with Crippen LogP contribution >= 0.6 is 0 Å². The van der Waals surface area contributed by atoms with Gasteiger partial charge < -0.3 is 4.57 Å². The lowest BCUT2D eigenvalue weighted by Crippen LogP contribution is -1.91. The van der Waals surface area contributed by atoms with Crippen molar-refractivity contribution in [1.82, 2.24) is 4.57 Å². The molecule has 0 amide bonds. The third-order valence-electron chi connectivity index (χ3n) is 3.99. The van der Waals surface area contributed by atoms with Gasteiger partial charge in [-0.3, -0.25) is 0 Å². The summed E-state index contributed by atoms with van der Waals surface area (Å²) in [5.41, 5.74) is 5.91. The number of aryl methyl sites for hydroxylation is 1. The number of hydrogen-bond donors (Lipinski definition) is 0. The van der Waals surface area contributed by atoms with Gasteiger partial charge in [-0.1, -0.05) is 36.4 Å². The molecule has 0 aliphatic heterocycles. The highest BCUT2D eigenvalue weighted by Crippen LogP contribution is 2.30. The van der Waals surface area contributed by atoms with E-state index in [0.717, 1.165) is 5.56 Å². The molecule has 0 atom stereocenters. The van der Waals surface area contributed by atoms with Crippen molar-refractivity contribution >= 4 is 10.9 Å². The second kappa shape index (κ2) is 4.86. The smallest absolute Gasteiger partial charge is 0.0670 e. The Morgan fingerprint density at radius 2 is 1.80 bits per heavy atom. The minimum Gasteiger partial charge on any atom is -0.348 e. The summed E-state index contributed by atoms with van der Waals surface area (Å²) in [6.45, 7) is 2.08. The van der Waals surface area contributed by atoms with Crippen LogP contribution in [0.4, 0.5) is 0 Å². The Kier molecular flexibility index (Phi) is 3.04. The van der Waals surface area contributed by atoms with E-state index in [4.69, 9.17) is 5.26 Å². The van der Waals surface area contributed by atoms with E-state index in [0.29, 0.717) is 6.42 Å². The number of hydrogen-bond acceptors (Lipinski definition) is 1. The molecule has 1 aromatic heterocycles. The van der Waals surface area contributed by atoms with E-state index in [1.54, 1.807) is 0 Å². The van der Waals surface area contributed by atoms with Gasteiger partial charge in [0.15, 0.2) is 0 Å². The highest BCUT2D eigenvalue weighted by molar-refractivity contribution is 5.90. The van der Waals surface area contributed by atoms with Gasteiger partial charge in [0.25, 0.3) is 0 Å². The molecule has 0 radical (unpaired) electrons. The zero-order chi connectivity index (χ0) is 14.1. The maximum atomic E-state index is 9.04. The van der Waals surface area contributed by atoms with Crippen molar-refractivity contribution in [3.8, 4) is 17.2 Å². The first-order chi connectivity index (χ1) is 9.72. The molecule has 0 aliphatic carbocycles. The first-order valence-electron chi connectivity index (χ1n) is 6.72. The van der Waals surface area contributed by atoms with E-state index in [9.17, 15) is 0 Å². The van der Waals surface area contributed by atoms with Crippen LogP contribution < -0.4 is 0 Å². The van der Waals surface area contributed by atoms with Gasteiger partial charge in [-0.15, -0.1) is 0 Å². The zero-order valence-corrected chi connectivity index (χ0v) is 11.7. The molecule has 0 N–H and O–H groups in total. The van der Waals surface area contributed by atoms with Crippen molar-refractivity contribution < 1.29 is 0 Å². The monoisotopic (exact) mass is 260 g/mol. The Morgan fingerprint density at radius 3 is 2.50 bits per heavy atom. The number of fused-ring (bicyclic) bond motifs is 1. The van der Waals surface area contributed by atoms with E-state index in [-0.39, 0.29) is 0 Å². The van der Waals surface area contributed by atoms with Crippen molar-refractivity contribution in [3.05, 3.63) is 59.8 Å². The molecule has 2 aromatic carbocycles. The molecular formula is C18H16N2. The summed E-state index contributed by atoms with van der Waals surface area (Å²) in [6.07, 6.45) is 0.460. The third-order valence-corrected chi connectivity index (χ3v) is 3.99. The first kappa shape index (κ1) is 12.5. The van der Waals surface area contributed by atoms with Gasteiger partial charge >= 0.3 is 0 Å². The van der Waals surface area contributed by atoms with Crippen molar-refractivity contribution in [2.75, 3.05) is 0 Å². The van der Waals surface area contributed by atoms with Crippen LogP contribution in [0.25, 0.3) is 22.0 Å². The summed E-state index contributed by atoms with van der Waals surface area (Å²) in [5, 5.41) is 10.2. The molecule has 0 unspecified atom stereocenters. The number of nitriles is 1. The summed E-state index contributed by atoms with van der Waals surface area (Å²) in [7, 11) is 2.06. The average Bonchev–Trinajstić information content (AvgIpc) is 2.73. The molecule has 0 saturated carbocycles. The molecule has 3 rings (SSSR count). The van der Waals surface area contributed by atoms with Crippen LogP contribution in [-0.2, 0) is 13.5 Å². The summed E-state index contributed by atoms with van der Waals surface area (Å²) >= 11 is 0. The van der Waals surface area contributed by atoms with Crippen LogP contribution in [0.5, 0.6) is 0 Å². The fourth-order valence-corrected chi connectivity index (χ4v) is 2.76. The highest BCUT2D eigenvalue weighted by Gasteiger charge is 2.12. The quantitative estimate of drug-likeness (QED) is 0.678. The van der Waals surface area contributed by atoms with Crippen LogP contribution in [-0.4, -0.2) is 4.57 Å². The van der Waals surface area contributed by atoms with Gasteiger partial charge in [-0.2, -0.15) is 5.26 Å². The van der Waals surface area contributed by atoms with E-state index >= 15 is 0 Å². The Labute approximate surface area is 118 Å². The van der Waals surface area contributed by atoms with Crippen LogP contribution in [0.2, 0.25) is 0 Å². The minimum absolute atomic E-state index is 0.460. The second-order valence-corrected chi connectivity index (χ2v) is 5.06. The van der Waals surface area contributed by atoms with Crippen molar-refractivity contribution in [2.24, 2.45) is 7.05 Å². The summed E-state index contributed by atoms with van der Waals surface area (Å²) < 4.78 is 2.16. The topological polar surface area (TPSA) is 28.7 Å². The fraction of sp³-hybridized carbons (Fsp3) is 0.167. The molecule has 3 aromatic rings. The molecule has 0 fully saturated rings. The predicted molar refractivity (Wildman–Crippen MR) is 82.4 cm³/mol. The lowest BCUT2D eigenvalue weighted by Gasteiger charge is -2.03. The largest absolute Gasteiger partial charge is 0.348 e. The molecule has 0 bridgehead atoms. The van der Waals surface area contributed by atoms with E-state index < -0.39 is 0 Å². The predicted octanol–water partition coefficient (Wildman–Crippen LogP) is 4.22. The Hall–Kier alpha value is -2.53. The van der Waals surface area contributed by atoms with Crippen LogP contribution in [0.1, 0.15) is 11.3 Å². The first-order valence-corrected chi connectivity index (χ1v) is 6.72. The number of aromatic nitrogens is 1. The summed E-state index contributed by atoms with van der Waals surface area (Å²) in [6, 6.07) is 19.1. The molecular weight excluding hydrogens is 244 g/mol. The van der Waals surface area contributed by atoms with Crippen molar-refractivity contribution in [1.29, 1.82) is 5.26 Å². The number of benzene rings is 2. The summed E-state index contributed by atoms with van der Waals surface area (Å²) in [4.78, 5) is 0. The zero-order valence-electron chi connectivity index (χ0n) is 11.7. The molecule has 20 heavy (non-hydrogen) atoms. The van der Waals surface area contributed by atoms with Gasteiger partial charge in [-0.05, 0) is 35.7 Å². The molecule has 2 nitrogen and oxygen atoms in total. The van der Waals surface area contributed by atoms with Gasteiger partial charge in [0, 0.05) is 23.6 Å². The van der Waals surface area contributed by atoms with E-state index in [1.807, 2.05) is 18.2 Å². The van der Waals surface area contributed by atoms with E-state index in [1.165, 1.54) is 27.7 Å². The van der Waals surface area contributed by atoms with Crippen molar-refractivity contribution in [2.45, 2.75) is 13.3 Å². The minimum atomic E-state index is 0.460. The Bertz CT molecular complexity index is 805. The van der Waals surface area contributed by atoms with Gasteiger partial charge in [0.05, 0.1) is 12.5 Å². The normalized spacial score (nSPS) is 10.7. The SMILES string of the molecule is Cc1c(CC#N)c2cc(-c3ccccc3)ccc2n1C. The lowest BCUT2D eigenvalue weighted by molar-refractivity contribution is 0.906. The molecule has 2 heteroatoms. The molecule has 98 valence electrons. The third kappa shape index (κ3) is 1.88. The average molecular weight is 260 g/mol. The summed E-state index contributed by atoms with van der Waals surface area (Å²) in [5.74, 6) is 0. The number of rotatable bonds is 2. The van der Waals surface area contributed by atoms with Gasteiger partial charge in [-0.25, -0.2) is 0 Å². The molecule has 1 heterocycles. The standard InChI is InChI=1S/C18H16N2/c1-13-16(10-11-19)17-12-15(8-9-18(17)20(13)2)14-6-4-3-5-7-14/h3-9,12H,10H2,1-2H3. The van der Waals surface area contributed by atoms with Crippen LogP contribution in [0.3, 0.4) is 0 Å². The fourth-order valence-electron chi connectivity index (χ4n) is 2.76.